The van der Waals surface area contributed by atoms with Gasteiger partial charge >= 0.3 is 0 Å². The van der Waals surface area contributed by atoms with Gasteiger partial charge in [-0.3, -0.25) is 9.80 Å². The number of hydrogen-bond acceptors (Lipinski definition) is 4. The zero-order valence-electron chi connectivity index (χ0n) is 27.6. The second-order valence-corrected chi connectivity index (χ2v) is 12.9. The lowest BCUT2D eigenvalue weighted by molar-refractivity contribution is 0.180. The number of benzene rings is 2. The highest BCUT2D eigenvalue weighted by Gasteiger charge is 2.27. The molecule has 2 saturated heterocycles. The summed E-state index contributed by atoms with van der Waals surface area (Å²) in [5, 5.41) is 18.3. The van der Waals surface area contributed by atoms with Gasteiger partial charge in [0.2, 0.25) is 0 Å². The van der Waals surface area contributed by atoms with Crippen molar-refractivity contribution in [3.8, 4) is 0 Å². The second kappa shape index (κ2) is 17.6. The summed E-state index contributed by atoms with van der Waals surface area (Å²) < 4.78 is 17.9. The van der Waals surface area contributed by atoms with Gasteiger partial charge in [0, 0.05) is 50.1 Å². The standard InChI is InChI=1S/C20H28N2O.C19H25FN2O/c1-17-8-5-9-18(16-17)20(22-11-3-2-4-12-22)19-10-6-13-21(19)14-7-15-23;20-17-9-7-16(8-10-17)19(22-11-2-1-3-12-22)18-6-4-13-21(18)14-5-15-23/h5-6,8-10,13,16,20,23H,2-4,7,11-12,14-15H2,1H3;4,6-10,13,19,23H,1-3,5,11-12,14-15H2. The van der Waals surface area contributed by atoms with E-state index in [1.807, 2.05) is 12.1 Å². The molecule has 2 atom stereocenters. The number of aryl methyl sites for hydroxylation is 3. The molecule has 0 spiro atoms. The van der Waals surface area contributed by atoms with Crippen LogP contribution in [0.15, 0.2) is 85.2 Å². The first-order valence-electron chi connectivity index (χ1n) is 17.4. The molecular weight excluding hydrogens is 575 g/mol. The predicted octanol–water partition coefficient (Wildman–Crippen LogP) is 7.34. The summed E-state index contributed by atoms with van der Waals surface area (Å²) >= 11 is 0. The van der Waals surface area contributed by atoms with E-state index in [-0.39, 0.29) is 25.1 Å². The molecule has 0 aliphatic carbocycles. The van der Waals surface area contributed by atoms with Crippen molar-refractivity contribution in [1.29, 1.82) is 0 Å². The van der Waals surface area contributed by atoms with Gasteiger partial charge in [0.1, 0.15) is 5.82 Å². The number of nitrogens with zero attached hydrogens (tertiary/aromatic N) is 4. The molecule has 46 heavy (non-hydrogen) atoms. The second-order valence-electron chi connectivity index (χ2n) is 12.9. The summed E-state index contributed by atoms with van der Waals surface area (Å²) in [6, 6.07) is 24.9. The van der Waals surface area contributed by atoms with Crippen LogP contribution >= 0.6 is 0 Å². The molecule has 2 fully saturated rings. The Labute approximate surface area is 275 Å². The highest BCUT2D eigenvalue weighted by molar-refractivity contribution is 5.32. The lowest BCUT2D eigenvalue weighted by Gasteiger charge is -2.35. The average Bonchev–Trinajstić information content (AvgIpc) is 3.75. The smallest absolute Gasteiger partial charge is 0.123 e. The van der Waals surface area contributed by atoms with E-state index in [9.17, 15) is 9.50 Å². The summed E-state index contributed by atoms with van der Waals surface area (Å²) in [6.45, 7) is 8.80. The zero-order valence-corrected chi connectivity index (χ0v) is 27.6. The molecule has 248 valence electrons. The van der Waals surface area contributed by atoms with E-state index in [4.69, 9.17) is 5.11 Å². The average molecular weight is 629 g/mol. The van der Waals surface area contributed by atoms with Crippen molar-refractivity contribution in [2.24, 2.45) is 0 Å². The molecule has 2 unspecified atom stereocenters. The first kappa shape index (κ1) is 34.1. The monoisotopic (exact) mass is 628 g/mol. The van der Waals surface area contributed by atoms with Crippen LogP contribution in [-0.4, -0.2) is 68.5 Å². The molecule has 4 aromatic rings. The Kier molecular flexibility index (Phi) is 13.1. The van der Waals surface area contributed by atoms with E-state index in [0.717, 1.165) is 44.6 Å². The maximum absolute atomic E-state index is 13.3. The lowest BCUT2D eigenvalue weighted by atomic mass is 9.97. The van der Waals surface area contributed by atoms with E-state index < -0.39 is 0 Å². The van der Waals surface area contributed by atoms with Gasteiger partial charge in [-0.05, 0) is 119 Å². The number of aliphatic hydroxyl groups excluding tert-OH is 2. The summed E-state index contributed by atoms with van der Waals surface area (Å²) in [6.07, 6.45) is 13.4. The molecule has 2 aliphatic heterocycles. The number of likely N-dealkylation sites (tertiary alicyclic amines) is 2. The van der Waals surface area contributed by atoms with E-state index in [2.05, 4.69) is 86.8 Å². The highest BCUT2D eigenvalue weighted by atomic mass is 19.1. The van der Waals surface area contributed by atoms with Crippen molar-refractivity contribution >= 4 is 0 Å². The van der Waals surface area contributed by atoms with E-state index >= 15 is 0 Å². The number of rotatable bonds is 12. The van der Waals surface area contributed by atoms with E-state index in [1.165, 1.54) is 74.1 Å². The fraction of sp³-hybridized carbons (Fsp3) is 0.487. The van der Waals surface area contributed by atoms with Gasteiger partial charge in [0.05, 0.1) is 12.1 Å². The Balaban J connectivity index is 0.000000181. The van der Waals surface area contributed by atoms with Gasteiger partial charge < -0.3 is 19.3 Å². The highest BCUT2D eigenvalue weighted by Crippen LogP contribution is 2.33. The minimum Gasteiger partial charge on any atom is -0.396 e. The van der Waals surface area contributed by atoms with Crippen molar-refractivity contribution < 1.29 is 14.6 Å². The fourth-order valence-corrected chi connectivity index (χ4v) is 7.22. The number of halogens is 1. The van der Waals surface area contributed by atoms with Crippen LogP contribution in [-0.2, 0) is 13.1 Å². The molecular formula is C39H53FN4O2. The molecule has 2 N–H and O–H groups in total. The molecule has 6 nitrogen and oxygen atoms in total. The van der Waals surface area contributed by atoms with Gasteiger partial charge in [-0.2, -0.15) is 0 Å². The molecule has 7 heteroatoms. The van der Waals surface area contributed by atoms with Crippen molar-refractivity contribution in [3.63, 3.8) is 0 Å². The number of aliphatic hydroxyl groups is 2. The normalized spacial score (nSPS) is 17.3. The van der Waals surface area contributed by atoms with Gasteiger partial charge in [0.15, 0.2) is 0 Å². The third kappa shape index (κ3) is 8.97. The van der Waals surface area contributed by atoms with Crippen molar-refractivity contribution in [2.75, 3.05) is 39.4 Å². The minimum atomic E-state index is -0.193. The Morgan fingerprint density at radius 3 is 1.59 bits per heavy atom. The summed E-state index contributed by atoms with van der Waals surface area (Å²) in [5.41, 5.74) is 6.42. The first-order chi connectivity index (χ1) is 22.6. The van der Waals surface area contributed by atoms with Crippen LogP contribution in [0.3, 0.4) is 0 Å². The van der Waals surface area contributed by atoms with Gasteiger partial charge in [0.25, 0.3) is 0 Å². The van der Waals surface area contributed by atoms with Crippen LogP contribution in [0, 0.1) is 12.7 Å². The van der Waals surface area contributed by atoms with Crippen molar-refractivity contribution in [1.82, 2.24) is 18.9 Å². The van der Waals surface area contributed by atoms with Crippen LogP contribution in [0.5, 0.6) is 0 Å². The zero-order chi connectivity index (χ0) is 32.1. The number of hydrogen-bond donors (Lipinski definition) is 2. The maximum Gasteiger partial charge on any atom is 0.123 e. The van der Waals surface area contributed by atoms with Crippen LogP contribution in [0.1, 0.15) is 91.5 Å². The largest absolute Gasteiger partial charge is 0.396 e. The van der Waals surface area contributed by atoms with E-state index in [1.54, 1.807) is 12.1 Å². The summed E-state index contributed by atoms with van der Waals surface area (Å²) in [5.74, 6) is -0.193. The third-order valence-corrected chi connectivity index (χ3v) is 9.46. The van der Waals surface area contributed by atoms with Crippen LogP contribution in [0.4, 0.5) is 4.39 Å². The molecule has 0 radical (unpaired) electrons. The van der Waals surface area contributed by atoms with Crippen LogP contribution in [0.2, 0.25) is 0 Å². The molecule has 2 aromatic carbocycles. The molecule has 4 heterocycles. The summed E-state index contributed by atoms with van der Waals surface area (Å²) in [7, 11) is 0. The van der Waals surface area contributed by atoms with E-state index in [0.29, 0.717) is 6.04 Å². The first-order valence-corrected chi connectivity index (χ1v) is 17.4. The Morgan fingerprint density at radius 1 is 0.609 bits per heavy atom. The van der Waals surface area contributed by atoms with Crippen LogP contribution in [0.25, 0.3) is 0 Å². The SMILES string of the molecule is Cc1cccc(C(c2cccn2CCCO)N2CCCCC2)c1.OCCCn1cccc1C(c1ccc(F)cc1)N1CCCCC1. The molecule has 2 aliphatic rings. The molecule has 0 bridgehead atoms. The minimum absolute atomic E-state index is 0.157. The Hall–Kier alpha value is -3.23. The lowest BCUT2D eigenvalue weighted by Crippen LogP contribution is -2.35. The number of aromatic nitrogens is 2. The third-order valence-electron chi connectivity index (χ3n) is 9.46. The Morgan fingerprint density at radius 2 is 1.11 bits per heavy atom. The van der Waals surface area contributed by atoms with Gasteiger partial charge in [-0.1, -0.05) is 54.8 Å². The van der Waals surface area contributed by atoms with Gasteiger partial charge in [-0.15, -0.1) is 0 Å². The Bertz CT molecular complexity index is 1440. The molecule has 2 aromatic heterocycles. The quantitative estimate of drug-likeness (QED) is 0.172. The van der Waals surface area contributed by atoms with Crippen molar-refractivity contribution in [3.05, 3.63) is 119 Å². The summed E-state index contributed by atoms with van der Waals surface area (Å²) in [4.78, 5) is 5.13. The van der Waals surface area contributed by atoms with Crippen molar-refractivity contribution in [2.45, 2.75) is 83.5 Å². The number of piperidine rings is 2. The predicted molar refractivity (Wildman–Crippen MR) is 184 cm³/mol. The fourth-order valence-electron chi connectivity index (χ4n) is 7.22. The van der Waals surface area contributed by atoms with Crippen LogP contribution < -0.4 is 0 Å². The molecule has 0 saturated carbocycles. The molecule has 6 rings (SSSR count). The van der Waals surface area contributed by atoms with Gasteiger partial charge in [-0.25, -0.2) is 4.39 Å². The topological polar surface area (TPSA) is 56.8 Å². The molecule has 0 amide bonds. The maximum atomic E-state index is 13.3.